The third-order valence-electron chi connectivity index (χ3n) is 6.66. The van der Waals surface area contributed by atoms with Crippen LogP contribution >= 0.6 is 0 Å². The summed E-state index contributed by atoms with van der Waals surface area (Å²) in [5, 5.41) is 2.91. The van der Waals surface area contributed by atoms with Crippen molar-refractivity contribution in [1.29, 1.82) is 0 Å². The maximum absolute atomic E-state index is 2.56. The molecule has 2 atom stereocenters. The van der Waals surface area contributed by atoms with Gasteiger partial charge in [-0.25, -0.2) is 0 Å². The van der Waals surface area contributed by atoms with E-state index in [1.807, 2.05) is 0 Å². The number of benzene rings is 2. The molecule has 22 heavy (non-hydrogen) atoms. The van der Waals surface area contributed by atoms with Gasteiger partial charge < -0.3 is 0 Å². The molecular weight excluding hydrogens is 264 g/mol. The molecule has 3 aliphatic rings. The lowest BCUT2D eigenvalue weighted by molar-refractivity contribution is 0.270. The summed E-state index contributed by atoms with van der Waals surface area (Å²) in [5.41, 5.74) is 7.07. The van der Waals surface area contributed by atoms with Crippen molar-refractivity contribution < 1.29 is 0 Å². The summed E-state index contributed by atoms with van der Waals surface area (Å²) >= 11 is 0. The summed E-state index contributed by atoms with van der Waals surface area (Å²) < 4.78 is 0. The van der Waals surface area contributed by atoms with Crippen molar-refractivity contribution in [3.63, 3.8) is 0 Å². The fourth-order valence-corrected chi connectivity index (χ4v) is 5.53. The van der Waals surface area contributed by atoms with Gasteiger partial charge in [-0.15, -0.1) is 0 Å². The topological polar surface area (TPSA) is 0 Å². The Morgan fingerprint density at radius 2 is 2.09 bits per heavy atom. The van der Waals surface area contributed by atoms with Crippen LogP contribution in [0.25, 0.3) is 10.8 Å². The minimum absolute atomic E-state index is 0.495. The second-order valence-corrected chi connectivity index (χ2v) is 7.73. The van der Waals surface area contributed by atoms with Crippen molar-refractivity contribution in [2.45, 2.75) is 57.3 Å². The fraction of sp³-hybridized carbons (Fsp3) is 0.455. The van der Waals surface area contributed by atoms with Gasteiger partial charge in [0.25, 0.3) is 0 Å². The highest BCUT2D eigenvalue weighted by molar-refractivity contribution is 5.85. The van der Waals surface area contributed by atoms with E-state index in [4.69, 9.17) is 0 Å². The predicted octanol–water partition coefficient (Wildman–Crippen LogP) is 5.72. The molecule has 3 aliphatic carbocycles. The number of allylic oxidation sites excluding steroid dienone is 2. The first-order chi connectivity index (χ1) is 10.8. The first-order valence-corrected chi connectivity index (χ1v) is 9.02. The lowest BCUT2D eigenvalue weighted by Crippen LogP contribution is -2.35. The Morgan fingerprint density at radius 3 is 2.86 bits per heavy atom. The molecule has 0 heterocycles. The van der Waals surface area contributed by atoms with Crippen molar-refractivity contribution >= 4 is 10.8 Å². The summed E-state index contributed by atoms with van der Waals surface area (Å²) in [5.74, 6) is 0.897. The summed E-state index contributed by atoms with van der Waals surface area (Å²) in [6.07, 6.45) is 11.8. The molecule has 2 aromatic carbocycles. The standard InChI is InChI=1S/C22H24/c1-2-15-5-7-17-13-21-18(12-19(17)10-15)4-3-9-22(21)14-16-6-8-20(22)11-16/h5-7,10,12-13,20H,2-4,8-9,11,14H2,1H3. The van der Waals surface area contributed by atoms with Gasteiger partial charge in [0.15, 0.2) is 0 Å². The van der Waals surface area contributed by atoms with Crippen molar-refractivity contribution in [3.05, 3.63) is 58.7 Å². The van der Waals surface area contributed by atoms with E-state index < -0.39 is 0 Å². The molecule has 0 aliphatic heterocycles. The first kappa shape index (κ1) is 12.9. The molecule has 1 fully saturated rings. The van der Waals surface area contributed by atoms with Gasteiger partial charge in [-0.2, -0.15) is 0 Å². The average molecular weight is 288 g/mol. The SMILES string of the molecule is CCc1ccc2cc3c(cc2c1)CCCC31CC2=CCC1C2. The Bertz CT molecular complexity index is 795. The smallest absolute Gasteiger partial charge is 0.00274 e. The molecule has 0 saturated heterocycles. The zero-order valence-corrected chi connectivity index (χ0v) is 13.5. The van der Waals surface area contributed by atoms with Crippen molar-refractivity contribution in [3.8, 4) is 0 Å². The van der Waals surface area contributed by atoms with Crippen LogP contribution in [-0.2, 0) is 18.3 Å². The molecule has 0 N–H and O–H groups in total. The Kier molecular flexibility index (Phi) is 2.63. The van der Waals surface area contributed by atoms with Crippen LogP contribution in [0.2, 0.25) is 0 Å². The zero-order valence-electron chi connectivity index (χ0n) is 13.5. The van der Waals surface area contributed by atoms with E-state index in [-0.39, 0.29) is 0 Å². The maximum atomic E-state index is 2.56. The van der Waals surface area contributed by atoms with E-state index in [1.54, 1.807) is 16.7 Å². The maximum Gasteiger partial charge on any atom is 0.00274 e. The van der Waals surface area contributed by atoms with Crippen LogP contribution in [0.5, 0.6) is 0 Å². The third kappa shape index (κ3) is 1.64. The number of rotatable bonds is 1. The minimum Gasteiger partial charge on any atom is -0.0850 e. The Balaban J connectivity index is 1.71. The molecular formula is C22H24. The monoisotopic (exact) mass is 288 g/mol. The van der Waals surface area contributed by atoms with Gasteiger partial charge in [-0.05, 0) is 78.3 Å². The lowest BCUT2D eigenvalue weighted by atomic mass is 9.62. The van der Waals surface area contributed by atoms with Crippen LogP contribution < -0.4 is 0 Å². The van der Waals surface area contributed by atoms with Crippen LogP contribution in [0.3, 0.4) is 0 Å². The van der Waals surface area contributed by atoms with Gasteiger partial charge in [0.2, 0.25) is 0 Å². The van der Waals surface area contributed by atoms with E-state index >= 15 is 0 Å². The number of hydrogen-bond acceptors (Lipinski definition) is 0. The Hall–Kier alpha value is -1.56. The third-order valence-corrected chi connectivity index (χ3v) is 6.66. The van der Waals surface area contributed by atoms with Crippen LogP contribution in [0.15, 0.2) is 42.0 Å². The Labute approximate surface area is 133 Å². The van der Waals surface area contributed by atoms with E-state index in [1.165, 1.54) is 54.9 Å². The molecule has 1 spiro atoms. The summed E-state index contributed by atoms with van der Waals surface area (Å²) in [6.45, 7) is 2.25. The van der Waals surface area contributed by atoms with Crippen LogP contribution in [-0.4, -0.2) is 0 Å². The molecule has 5 rings (SSSR count). The van der Waals surface area contributed by atoms with Crippen molar-refractivity contribution in [2.75, 3.05) is 0 Å². The second-order valence-electron chi connectivity index (χ2n) is 7.73. The number of fused-ring (bicyclic) bond motifs is 6. The van der Waals surface area contributed by atoms with Crippen LogP contribution in [0.1, 0.15) is 55.7 Å². The van der Waals surface area contributed by atoms with Gasteiger partial charge >= 0.3 is 0 Å². The molecule has 112 valence electrons. The lowest BCUT2D eigenvalue weighted by Gasteiger charge is -2.41. The first-order valence-electron chi connectivity index (χ1n) is 9.02. The molecule has 0 heteroatoms. The van der Waals surface area contributed by atoms with Gasteiger partial charge in [0.1, 0.15) is 0 Å². The van der Waals surface area contributed by atoms with E-state index in [0.29, 0.717) is 5.41 Å². The highest BCUT2D eigenvalue weighted by Gasteiger charge is 2.49. The molecule has 0 aromatic heterocycles. The minimum atomic E-state index is 0.495. The second kappa shape index (κ2) is 4.47. The number of hydrogen-bond donors (Lipinski definition) is 0. The quantitative estimate of drug-likeness (QED) is 0.589. The molecule has 0 radical (unpaired) electrons. The molecule has 0 nitrogen and oxygen atoms in total. The Morgan fingerprint density at radius 1 is 1.14 bits per heavy atom. The molecule has 2 aromatic rings. The van der Waals surface area contributed by atoms with E-state index in [2.05, 4.69) is 43.3 Å². The van der Waals surface area contributed by atoms with Crippen LogP contribution in [0.4, 0.5) is 0 Å². The van der Waals surface area contributed by atoms with Gasteiger partial charge in [0, 0.05) is 5.41 Å². The van der Waals surface area contributed by atoms with Crippen molar-refractivity contribution in [1.82, 2.24) is 0 Å². The number of aryl methyl sites for hydroxylation is 2. The average Bonchev–Trinajstić information content (AvgIpc) is 3.14. The molecule has 2 unspecified atom stereocenters. The largest absolute Gasteiger partial charge is 0.0850 e. The summed E-state index contributed by atoms with van der Waals surface area (Å²) in [7, 11) is 0. The summed E-state index contributed by atoms with van der Waals surface area (Å²) in [6, 6.07) is 12.1. The highest BCUT2D eigenvalue weighted by Crippen LogP contribution is 2.58. The molecule has 1 saturated carbocycles. The highest BCUT2D eigenvalue weighted by atomic mass is 14.5. The normalized spacial score (nSPS) is 29.1. The molecule has 2 bridgehead atoms. The van der Waals surface area contributed by atoms with Crippen LogP contribution in [0, 0.1) is 5.92 Å². The fourth-order valence-electron chi connectivity index (χ4n) is 5.53. The predicted molar refractivity (Wildman–Crippen MR) is 93.4 cm³/mol. The van der Waals surface area contributed by atoms with Gasteiger partial charge in [-0.1, -0.05) is 48.9 Å². The molecule has 0 amide bonds. The van der Waals surface area contributed by atoms with Gasteiger partial charge in [0.05, 0.1) is 0 Å². The van der Waals surface area contributed by atoms with Crippen molar-refractivity contribution in [2.24, 2.45) is 5.92 Å². The zero-order chi connectivity index (χ0) is 14.7. The van der Waals surface area contributed by atoms with E-state index in [0.717, 1.165) is 12.3 Å². The van der Waals surface area contributed by atoms with E-state index in [9.17, 15) is 0 Å². The summed E-state index contributed by atoms with van der Waals surface area (Å²) in [4.78, 5) is 0. The van der Waals surface area contributed by atoms with Gasteiger partial charge in [-0.3, -0.25) is 0 Å².